The smallest absolute Gasteiger partial charge is 0.216 e. The highest BCUT2D eigenvalue weighted by atomic mass is 79.9. The van der Waals surface area contributed by atoms with Crippen molar-refractivity contribution in [3.8, 4) is 5.75 Å². The van der Waals surface area contributed by atoms with Crippen molar-refractivity contribution in [2.45, 2.75) is 0 Å². The molecule has 2 N–H and O–H groups in total. The summed E-state index contributed by atoms with van der Waals surface area (Å²) in [5.74, 6) is 0.192. The van der Waals surface area contributed by atoms with E-state index in [9.17, 15) is 4.79 Å². The molecule has 4 heteroatoms. The van der Waals surface area contributed by atoms with Gasteiger partial charge in [-0.3, -0.25) is 4.79 Å². The quantitative estimate of drug-likeness (QED) is 0.835. The first kappa shape index (κ1) is 11.7. The summed E-state index contributed by atoms with van der Waals surface area (Å²) in [7, 11) is 0. The van der Waals surface area contributed by atoms with Crippen LogP contribution < -0.4 is 10.7 Å². The topological polar surface area (TPSA) is 49.3 Å². The van der Waals surface area contributed by atoms with E-state index in [1.165, 1.54) is 0 Å². The number of nitrogens with one attached hydrogen (secondary N) is 1. The van der Waals surface area contributed by atoms with Crippen LogP contribution in [0.4, 0.5) is 11.4 Å². The van der Waals surface area contributed by atoms with Crippen LogP contribution in [0.1, 0.15) is 0 Å². The van der Waals surface area contributed by atoms with Gasteiger partial charge in [-0.1, -0.05) is 12.1 Å². The molecule has 0 saturated heterocycles. The number of aromatic hydroxyl groups is 1. The van der Waals surface area contributed by atoms with Crippen LogP contribution in [0.2, 0.25) is 0 Å². The average molecular weight is 292 g/mol. The monoisotopic (exact) mass is 291 g/mol. The van der Waals surface area contributed by atoms with Crippen molar-refractivity contribution in [2.24, 2.45) is 0 Å². The number of phenols is 1. The predicted octanol–water partition coefficient (Wildman–Crippen LogP) is 3.26. The maximum Gasteiger partial charge on any atom is 0.216 e. The molecular formula is C13H10BrNO2. The Kier molecular flexibility index (Phi) is 3.44. The maximum atomic E-state index is 11.9. The normalized spacial score (nSPS) is 9.94. The van der Waals surface area contributed by atoms with Crippen LogP contribution in [0, 0.1) is 0 Å². The molecular weight excluding hydrogens is 282 g/mol. The summed E-state index contributed by atoms with van der Waals surface area (Å²) in [4.78, 5) is 11.9. The van der Waals surface area contributed by atoms with Crippen molar-refractivity contribution in [1.82, 2.24) is 0 Å². The van der Waals surface area contributed by atoms with E-state index < -0.39 is 0 Å². The first-order valence-corrected chi connectivity index (χ1v) is 5.81. The number of hydrogen-bond donors (Lipinski definition) is 2. The fraction of sp³-hybridized carbons (Fsp3) is 0. The van der Waals surface area contributed by atoms with E-state index in [2.05, 4.69) is 21.2 Å². The van der Waals surface area contributed by atoms with E-state index in [0.717, 1.165) is 5.69 Å². The van der Waals surface area contributed by atoms with Crippen molar-refractivity contribution in [2.75, 3.05) is 5.32 Å². The number of halogens is 1. The van der Waals surface area contributed by atoms with E-state index in [1.54, 1.807) is 48.5 Å². The van der Waals surface area contributed by atoms with Gasteiger partial charge in [-0.2, -0.15) is 0 Å². The molecule has 0 unspecified atom stereocenters. The van der Waals surface area contributed by atoms with Gasteiger partial charge in [0.1, 0.15) is 5.75 Å². The molecule has 17 heavy (non-hydrogen) atoms. The van der Waals surface area contributed by atoms with Crippen LogP contribution in [0.5, 0.6) is 5.75 Å². The van der Waals surface area contributed by atoms with Gasteiger partial charge >= 0.3 is 0 Å². The van der Waals surface area contributed by atoms with E-state index in [4.69, 9.17) is 5.11 Å². The Bertz CT molecular complexity index is 582. The Morgan fingerprint density at radius 1 is 1.00 bits per heavy atom. The molecule has 0 spiro atoms. The van der Waals surface area contributed by atoms with Crippen LogP contribution in [0.25, 0.3) is 0 Å². The van der Waals surface area contributed by atoms with E-state index >= 15 is 0 Å². The Hall–Kier alpha value is -1.81. The van der Waals surface area contributed by atoms with Gasteiger partial charge in [-0.25, -0.2) is 0 Å². The Morgan fingerprint density at radius 3 is 2.35 bits per heavy atom. The van der Waals surface area contributed by atoms with Gasteiger partial charge in [0.15, 0.2) is 0 Å². The molecule has 0 aliphatic heterocycles. The zero-order chi connectivity index (χ0) is 12.3. The second kappa shape index (κ2) is 5.01. The van der Waals surface area contributed by atoms with Crippen LogP contribution >= 0.6 is 15.9 Å². The van der Waals surface area contributed by atoms with E-state index in [-0.39, 0.29) is 11.2 Å². The number of benzene rings is 1. The van der Waals surface area contributed by atoms with Crippen molar-refractivity contribution in [1.29, 1.82) is 0 Å². The molecule has 0 aliphatic rings. The fourth-order valence-electron chi connectivity index (χ4n) is 1.37. The minimum atomic E-state index is -0.108. The molecule has 0 atom stereocenters. The lowest BCUT2D eigenvalue weighted by molar-refractivity contribution is 0.475. The molecule has 2 aromatic rings. The van der Waals surface area contributed by atoms with Crippen molar-refractivity contribution in [3.63, 3.8) is 0 Å². The zero-order valence-electron chi connectivity index (χ0n) is 8.85. The molecule has 0 bridgehead atoms. The van der Waals surface area contributed by atoms with Crippen LogP contribution in [0.15, 0.2) is 57.8 Å². The summed E-state index contributed by atoms with van der Waals surface area (Å²) >= 11 is 3.21. The van der Waals surface area contributed by atoms with Crippen molar-refractivity contribution in [3.05, 3.63) is 63.2 Å². The third kappa shape index (κ3) is 2.85. The molecule has 2 rings (SSSR count). The standard InChI is InChI=1S/C13H10BrNO2/c14-11-3-1-2-4-12(13(11)17)15-9-5-7-10(16)8-6-9/h1-8,16H,(H,15,17). The van der Waals surface area contributed by atoms with Crippen molar-refractivity contribution >= 4 is 27.3 Å². The highest BCUT2D eigenvalue weighted by Gasteiger charge is 2.01. The average Bonchev–Trinajstić information content (AvgIpc) is 2.48. The summed E-state index contributed by atoms with van der Waals surface area (Å²) < 4.78 is 0.503. The lowest BCUT2D eigenvalue weighted by Crippen LogP contribution is -2.05. The lowest BCUT2D eigenvalue weighted by atomic mass is 10.3. The summed E-state index contributed by atoms with van der Waals surface area (Å²) in [6.07, 6.45) is 0. The molecule has 0 aromatic heterocycles. The van der Waals surface area contributed by atoms with Crippen molar-refractivity contribution < 1.29 is 5.11 Å². The third-order valence-corrected chi connectivity index (χ3v) is 2.85. The third-order valence-electron chi connectivity index (χ3n) is 2.22. The minimum Gasteiger partial charge on any atom is -0.508 e. The van der Waals surface area contributed by atoms with Gasteiger partial charge in [0.2, 0.25) is 5.43 Å². The Balaban J connectivity index is 2.37. The fourth-order valence-corrected chi connectivity index (χ4v) is 1.74. The van der Waals surface area contributed by atoms with Gasteiger partial charge in [-0.05, 0) is 52.3 Å². The summed E-state index contributed by atoms with van der Waals surface area (Å²) in [5, 5.41) is 12.2. The first-order valence-electron chi connectivity index (χ1n) is 5.02. The lowest BCUT2D eigenvalue weighted by Gasteiger charge is -2.03. The number of hydrogen-bond acceptors (Lipinski definition) is 3. The Morgan fingerprint density at radius 2 is 1.65 bits per heavy atom. The SMILES string of the molecule is O=c1c(Br)ccccc1Nc1ccc(O)cc1. The number of anilines is 2. The zero-order valence-corrected chi connectivity index (χ0v) is 10.4. The number of rotatable bonds is 2. The molecule has 0 radical (unpaired) electrons. The number of phenolic OH excluding ortho intramolecular Hbond substituents is 1. The van der Waals surface area contributed by atoms with Crippen LogP contribution in [-0.2, 0) is 0 Å². The minimum absolute atomic E-state index is 0.108. The molecule has 0 saturated carbocycles. The van der Waals surface area contributed by atoms with Gasteiger partial charge in [-0.15, -0.1) is 0 Å². The summed E-state index contributed by atoms with van der Waals surface area (Å²) in [6.45, 7) is 0. The highest BCUT2D eigenvalue weighted by molar-refractivity contribution is 9.10. The Labute approximate surface area is 107 Å². The molecule has 86 valence electrons. The molecule has 2 aromatic carbocycles. The van der Waals surface area contributed by atoms with Crippen LogP contribution in [0.3, 0.4) is 0 Å². The molecule has 0 amide bonds. The highest BCUT2D eigenvalue weighted by Crippen LogP contribution is 2.17. The van der Waals surface area contributed by atoms with E-state index in [0.29, 0.717) is 10.2 Å². The largest absolute Gasteiger partial charge is 0.508 e. The first-order chi connectivity index (χ1) is 8.16. The van der Waals surface area contributed by atoms with Gasteiger partial charge < -0.3 is 10.4 Å². The van der Waals surface area contributed by atoms with Gasteiger partial charge in [0, 0.05) is 5.69 Å². The molecule has 3 nitrogen and oxygen atoms in total. The maximum absolute atomic E-state index is 11.9. The van der Waals surface area contributed by atoms with Gasteiger partial charge in [0.05, 0.1) is 10.2 Å². The molecule has 0 aliphatic carbocycles. The molecule has 0 fully saturated rings. The molecule has 0 heterocycles. The summed E-state index contributed by atoms with van der Waals surface area (Å²) in [6, 6.07) is 13.5. The van der Waals surface area contributed by atoms with Gasteiger partial charge in [0.25, 0.3) is 0 Å². The summed E-state index contributed by atoms with van der Waals surface area (Å²) in [5.41, 5.74) is 1.12. The van der Waals surface area contributed by atoms with Crippen LogP contribution in [-0.4, -0.2) is 5.11 Å². The van der Waals surface area contributed by atoms with E-state index in [1.807, 2.05) is 0 Å². The second-order valence-electron chi connectivity index (χ2n) is 3.48. The predicted molar refractivity (Wildman–Crippen MR) is 71.8 cm³/mol. The second-order valence-corrected chi connectivity index (χ2v) is 4.34.